The van der Waals surface area contributed by atoms with Gasteiger partial charge in [-0.1, -0.05) is 62.2 Å². The molecule has 0 heterocycles. The van der Waals surface area contributed by atoms with Gasteiger partial charge in [0, 0.05) is 16.7 Å². The van der Waals surface area contributed by atoms with E-state index < -0.39 is 23.3 Å². The van der Waals surface area contributed by atoms with Gasteiger partial charge in [-0.2, -0.15) is 0 Å². The summed E-state index contributed by atoms with van der Waals surface area (Å²) in [5, 5.41) is 0. The zero-order valence-corrected chi connectivity index (χ0v) is 19.1. The van der Waals surface area contributed by atoms with Crippen LogP contribution < -0.4 is 0 Å². The minimum absolute atomic E-state index is 0.147. The Morgan fingerprint density at radius 1 is 0.788 bits per heavy atom. The molecule has 172 valence electrons. The van der Waals surface area contributed by atoms with Crippen LogP contribution in [-0.2, 0) is 19.3 Å². The van der Waals surface area contributed by atoms with E-state index in [1.807, 2.05) is 31.2 Å². The van der Waals surface area contributed by atoms with Crippen molar-refractivity contribution >= 4 is 0 Å². The van der Waals surface area contributed by atoms with E-state index in [2.05, 4.69) is 6.92 Å². The summed E-state index contributed by atoms with van der Waals surface area (Å²) in [4.78, 5) is 0. The highest BCUT2D eigenvalue weighted by Gasteiger charge is 2.32. The minimum atomic E-state index is -1.12. The van der Waals surface area contributed by atoms with Crippen LogP contribution in [0.1, 0.15) is 61.8 Å². The quantitative estimate of drug-likeness (QED) is 0.142. The molecule has 3 aromatic carbocycles. The van der Waals surface area contributed by atoms with Crippen molar-refractivity contribution in [3.05, 3.63) is 94.1 Å². The largest absolute Gasteiger partial charge is 0.203 e. The fourth-order valence-electron chi connectivity index (χ4n) is 4.67. The van der Waals surface area contributed by atoms with Gasteiger partial charge in [0.15, 0.2) is 23.3 Å². The SMILES string of the molecule is C/C=C/CCc1cc2c(c(F)c1F)-c1c(cc(-c3ccc(CCCCC)cc3)c(F)c1F)C2. The van der Waals surface area contributed by atoms with Crippen molar-refractivity contribution in [2.24, 2.45) is 0 Å². The molecule has 33 heavy (non-hydrogen) atoms. The fourth-order valence-corrected chi connectivity index (χ4v) is 4.67. The third kappa shape index (κ3) is 4.48. The summed E-state index contributed by atoms with van der Waals surface area (Å²) >= 11 is 0. The molecule has 0 saturated carbocycles. The van der Waals surface area contributed by atoms with Crippen molar-refractivity contribution in [1.29, 1.82) is 0 Å². The van der Waals surface area contributed by atoms with Crippen LogP contribution in [0.15, 0.2) is 48.6 Å². The molecule has 1 aliphatic rings. The van der Waals surface area contributed by atoms with E-state index >= 15 is 8.78 Å². The molecular weight excluding hydrogens is 424 g/mol. The normalized spacial score (nSPS) is 12.4. The second-order valence-electron chi connectivity index (χ2n) is 8.72. The summed E-state index contributed by atoms with van der Waals surface area (Å²) in [6, 6.07) is 10.7. The summed E-state index contributed by atoms with van der Waals surface area (Å²) < 4.78 is 60.0. The second kappa shape index (κ2) is 9.94. The molecule has 0 radical (unpaired) electrons. The third-order valence-electron chi connectivity index (χ3n) is 6.43. The number of hydrogen-bond donors (Lipinski definition) is 0. The summed E-state index contributed by atoms with van der Waals surface area (Å²) in [6.45, 7) is 4.02. The fraction of sp³-hybridized carbons (Fsp3) is 0.310. The molecule has 4 rings (SSSR count). The average molecular weight is 453 g/mol. The molecule has 0 atom stereocenters. The third-order valence-corrected chi connectivity index (χ3v) is 6.43. The van der Waals surface area contributed by atoms with Crippen LogP contribution in [0.25, 0.3) is 22.3 Å². The minimum Gasteiger partial charge on any atom is -0.203 e. The Bertz CT molecular complexity index is 1190. The maximum Gasteiger partial charge on any atom is 0.167 e. The molecule has 4 heteroatoms. The van der Waals surface area contributed by atoms with Gasteiger partial charge in [-0.25, -0.2) is 17.6 Å². The maximum absolute atomic E-state index is 15.2. The van der Waals surface area contributed by atoms with E-state index in [9.17, 15) is 8.78 Å². The van der Waals surface area contributed by atoms with Crippen molar-refractivity contribution in [1.82, 2.24) is 0 Å². The molecular formula is C29H28F4. The summed E-state index contributed by atoms with van der Waals surface area (Å²) in [7, 11) is 0. The van der Waals surface area contributed by atoms with Crippen molar-refractivity contribution in [2.75, 3.05) is 0 Å². The van der Waals surface area contributed by atoms with Gasteiger partial charge in [0.1, 0.15) is 0 Å². The summed E-state index contributed by atoms with van der Waals surface area (Å²) in [5.41, 5.74) is 2.82. The van der Waals surface area contributed by atoms with Crippen LogP contribution in [0.3, 0.4) is 0 Å². The van der Waals surface area contributed by atoms with E-state index in [0.717, 1.165) is 31.2 Å². The first-order valence-electron chi connectivity index (χ1n) is 11.7. The molecule has 3 aromatic rings. The number of aryl methyl sites for hydroxylation is 2. The van der Waals surface area contributed by atoms with Gasteiger partial charge in [0.05, 0.1) is 0 Å². The van der Waals surface area contributed by atoms with Gasteiger partial charge >= 0.3 is 0 Å². The lowest BCUT2D eigenvalue weighted by Crippen LogP contribution is -2.00. The second-order valence-corrected chi connectivity index (χ2v) is 8.72. The number of hydrogen-bond acceptors (Lipinski definition) is 0. The van der Waals surface area contributed by atoms with Gasteiger partial charge in [0.25, 0.3) is 0 Å². The molecule has 0 amide bonds. The molecule has 0 aromatic heterocycles. The van der Waals surface area contributed by atoms with Crippen molar-refractivity contribution < 1.29 is 17.6 Å². The number of benzene rings is 3. The molecule has 0 saturated heterocycles. The van der Waals surface area contributed by atoms with Gasteiger partial charge in [-0.3, -0.25) is 0 Å². The monoisotopic (exact) mass is 452 g/mol. The average Bonchev–Trinajstić information content (AvgIpc) is 3.19. The van der Waals surface area contributed by atoms with E-state index in [1.54, 1.807) is 24.3 Å². The van der Waals surface area contributed by atoms with Crippen LogP contribution in [-0.4, -0.2) is 0 Å². The topological polar surface area (TPSA) is 0 Å². The van der Waals surface area contributed by atoms with Crippen LogP contribution in [0.5, 0.6) is 0 Å². The summed E-state index contributed by atoms with van der Waals surface area (Å²) in [5.74, 6) is -4.22. The van der Waals surface area contributed by atoms with Crippen molar-refractivity contribution in [3.8, 4) is 22.3 Å². The number of rotatable bonds is 8. The molecule has 0 N–H and O–H groups in total. The lowest BCUT2D eigenvalue weighted by atomic mass is 9.95. The molecule has 0 bridgehead atoms. The zero-order valence-electron chi connectivity index (χ0n) is 19.1. The van der Waals surface area contributed by atoms with Gasteiger partial charge in [-0.05, 0) is 72.9 Å². The molecule has 0 nitrogen and oxygen atoms in total. The Hall–Kier alpha value is -2.88. The van der Waals surface area contributed by atoms with Gasteiger partial charge < -0.3 is 0 Å². The first-order chi connectivity index (χ1) is 16.0. The zero-order chi connectivity index (χ0) is 23.5. The number of allylic oxidation sites excluding steroid dienone is 2. The Balaban J connectivity index is 1.69. The molecule has 0 fully saturated rings. The number of halogens is 4. The predicted octanol–water partition coefficient (Wildman–Crippen LogP) is 8.72. The standard InChI is InChI=1S/C29H28F4/c1-3-5-7-9-18-11-13-19(14-12-18)23-17-22-16-21-15-20(10-8-6-4-2)26(30)28(32)24(21)25(22)29(33)27(23)31/h4,6,11-15,17H,3,5,7-10,16H2,1-2H3/b6-4+. The van der Waals surface area contributed by atoms with Gasteiger partial charge in [-0.15, -0.1) is 0 Å². The highest BCUT2D eigenvalue weighted by molar-refractivity contribution is 5.82. The Morgan fingerprint density at radius 3 is 2.12 bits per heavy atom. The van der Waals surface area contributed by atoms with Crippen molar-refractivity contribution in [2.45, 2.75) is 58.8 Å². The lowest BCUT2D eigenvalue weighted by molar-refractivity contribution is 0.496. The highest BCUT2D eigenvalue weighted by atomic mass is 19.2. The van der Waals surface area contributed by atoms with Crippen LogP contribution >= 0.6 is 0 Å². The summed E-state index contributed by atoms with van der Waals surface area (Å²) in [6.07, 6.45) is 9.26. The molecule has 0 unspecified atom stereocenters. The van der Waals surface area contributed by atoms with E-state index in [4.69, 9.17) is 0 Å². The van der Waals surface area contributed by atoms with Gasteiger partial charge in [0.2, 0.25) is 0 Å². The predicted molar refractivity (Wildman–Crippen MR) is 126 cm³/mol. The van der Waals surface area contributed by atoms with E-state index in [-0.39, 0.29) is 28.7 Å². The number of unbranched alkanes of at least 4 members (excludes halogenated alkanes) is 2. The van der Waals surface area contributed by atoms with Crippen LogP contribution in [0.4, 0.5) is 17.6 Å². The van der Waals surface area contributed by atoms with E-state index in [1.165, 1.54) is 0 Å². The molecule has 1 aliphatic carbocycles. The Labute approximate surface area is 193 Å². The molecule has 0 aliphatic heterocycles. The Kier molecular flexibility index (Phi) is 7.02. The van der Waals surface area contributed by atoms with E-state index in [0.29, 0.717) is 29.5 Å². The number of fused-ring (bicyclic) bond motifs is 3. The maximum atomic E-state index is 15.2. The van der Waals surface area contributed by atoms with Crippen molar-refractivity contribution in [3.63, 3.8) is 0 Å². The van der Waals surface area contributed by atoms with Crippen LogP contribution in [0.2, 0.25) is 0 Å². The first kappa shape index (κ1) is 23.3. The highest BCUT2D eigenvalue weighted by Crippen LogP contribution is 2.44. The van der Waals surface area contributed by atoms with Crippen LogP contribution in [0, 0.1) is 23.3 Å². The smallest absolute Gasteiger partial charge is 0.167 e. The Morgan fingerprint density at radius 2 is 1.45 bits per heavy atom. The molecule has 0 spiro atoms. The lowest BCUT2D eigenvalue weighted by Gasteiger charge is -2.12. The first-order valence-corrected chi connectivity index (χ1v) is 11.7.